The van der Waals surface area contributed by atoms with Gasteiger partial charge in [0, 0.05) is 0 Å². The van der Waals surface area contributed by atoms with Crippen molar-refractivity contribution in [1.82, 2.24) is 10.6 Å². The van der Waals surface area contributed by atoms with Crippen molar-refractivity contribution in [2.45, 2.75) is 52.1 Å². The van der Waals surface area contributed by atoms with Crippen molar-refractivity contribution in [2.75, 3.05) is 13.2 Å². The number of aliphatic hydroxyl groups excluding tert-OH is 1. The van der Waals surface area contributed by atoms with E-state index in [-0.39, 0.29) is 18.7 Å². The van der Waals surface area contributed by atoms with Crippen LogP contribution in [-0.2, 0) is 0 Å². The molecular weight excluding hydrogens is 280 g/mol. The molecule has 2 atom stereocenters. The minimum Gasteiger partial charge on any atom is -0.494 e. The van der Waals surface area contributed by atoms with Crippen molar-refractivity contribution in [3.05, 3.63) is 29.8 Å². The van der Waals surface area contributed by atoms with E-state index in [1.165, 1.54) is 0 Å². The first kappa shape index (κ1) is 18.3. The van der Waals surface area contributed by atoms with Crippen molar-refractivity contribution >= 4 is 6.03 Å². The van der Waals surface area contributed by atoms with Gasteiger partial charge in [-0.05, 0) is 44.9 Å². The zero-order chi connectivity index (χ0) is 16.6. The van der Waals surface area contributed by atoms with Gasteiger partial charge < -0.3 is 20.5 Å². The van der Waals surface area contributed by atoms with E-state index in [2.05, 4.69) is 10.6 Å². The van der Waals surface area contributed by atoms with Gasteiger partial charge in [-0.2, -0.15) is 0 Å². The first-order valence-corrected chi connectivity index (χ1v) is 7.86. The van der Waals surface area contributed by atoms with Crippen LogP contribution < -0.4 is 15.4 Å². The smallest absolute Gasteiger partial charge is 0.315 e. The van der Waals surface area contributed by atoms with E-state index in [0.717, 1.165) is 24.2 Å². The molecule has 0 heterocycles. The maximum atomic E-state index is 12.1. The van der Waals surface area contributed by atoms with Crippen LogP contribution >= 0.6 is 0 Å². The van der Waals surface area contributed by atoms with E-state index < -0.39 is 5.54 Å². The number of hydrogen-bond acceptors (Lipinski definition) is 3. The van der Waals surface area contributed by atoms with E-state index in [1.807, 2.05) is 52.0 Å². The summed E-state index contributed by atoms with van der Waals surface area (Å²) >= 11 is 0. The molecule has 0 bridgehead atoms. The highest BCUT2D eigenvalue weighted by molar-refractivity contribution is 5.75. The molecule has 5 nitrogen and oxygen atoms in total. The van der Waals surface area contributed by atoms with E-state index in [1.54, 1.807) is 0 Å². The van der Waals surface area contributed by atoms with E-state index >= 15 is 0 Å². The van der Waals surface area contributed by atoms with Gasteiger partial charge in [0.1, 0.15) is 5.75 Å². The molecule has 22 heavy (non-hydrogen) atoms. The maximum Gasteiger partial charge on any atom is 0.315 e. The molecule has 0 aliphatic heterocycles. The standard InChI is InChI=1S/C17H28N2O3/c1-5-11-17(4,12-20)19-16(21)18-13(3)14-7-9-15(10-8-14)22-6-2/h7-10,13,20H,5-6,11-12H2,1-4H3,(H2,18,19,21). The predicted octanol–water partition coefficient (Wildman–Crippen LogP) is 3.00. The summed E-state index contributed by atoms with van der Waals surface area (Å²) in [7, 11) is 0. The van der Waals surface area contributed by atoms with Gasteiger partial charge in [0.25, 0.3) is 0 Å². The minimum absolute atomic E-state index is 0.0777. The minimum atomic E-state index is -0.586. The van der Waals surface area contributed by atoms with E-state index in [9.17, 15) is 9.90 Å². The molecular formula is C17H28N2O3. The van der Waals surface area contributed by atoms with Gasteiger partial charge in [0.05, 0.1) is 24.8 Å². The van der Waals surface area contributed by atoms with Crippen LogP contribution in [0.4, 0.5) is 4.79 Å². The maximum absolute atomic E-state index is 12.1. The zero-order valence-corrected chi connectivity index (χ0v) is 14.0. The van der Waals surface area contributed by atoms with Gasteiger partial charge >= 0.3 is 6.03 Å². The van der Waals surface area contributed by atoms with Crippen LogP contribution in [0.1, 0.15) is 52.1 Å². The van der Waals surface area contributed by atoms with Gasteiger partial charge in [0.2, 0.25) is 0 Å². The van der Waals surface area contributed by atoms with Crippen LogP contribution in [0.3, 0.4) is 0 Å². The van der Waals surface area contributed by atoms with Gasteiger partial charge in [0.15, 0.2) is 0 Å². The lowest BCUT2D eigenvalue weighted by atomic mass is 9.97. The zero-order valence-electron chi connectivity index (χ0n) is 14.0. The third kappa shape index (κ3) is 5.56. The van der Waals surface area contributed by atoms with Crippen molar-refractivity contribution in [3.8, 4) is 5.75 Å². The van der Waals surface area contributed by atoms with Crippen LogP contribution in [0.5, 0.6) is 5.75 Å². The molecule has 2 amide bonds. The summed E-state index contributed by atoms with van der Waals surface area (Å²) in [5.41, 5.74) is 0.414. The molecule has 0 saturated carbocycles. The second kappa shape index (κ2) is 8.63. The molecule has 0 fully saturated rings. The summed E-state index contributed by atoms with van der Waals surface area (Å²) in [6, 6.07) is 7.26. The fourth-order valence-electron chi connectivity index (χ4n) is 2.34. The highest BCUT2D eigenvalue weighted by Gasteiger charge is 2.25. The number of nitrogens with one attached hydrogen (secondary N) is 2. The SMILES string of the molecule is CCCC(C)(CO)NC(=O)NC(C)c1ccc(OCC)cc1. The number of benzene rings is 1. The van der Waals surface area contributed by atoms with E-state index in [0.29, 0.717) is 6.61 Å². The molecule has 0 aliphatic carbocycles. The second-order valence-electron chi connectivity index (χ2n) is 5.79. The molecule has 0 radical (unpaired) electrons. The first-order chi connectivity index (χ1) is 10.4. The average Bonchev–Trinajstić information content (AvgIpc) is 2.48. The number of ether oxygens (including phenoxy) is 1. The molecule has 1 rings (SSSR count). The summed E-state index contributed by atoms with van der Waals surface area (Å²) < 4.78 is 5.40. The largest absolute Gasteiger partial charge is 0.494 e. The molecule has 1 aromatic rings. The fourth-order valence-corrected chi connectivity index (χ4v) is 2.34. The summed E-state index contributed by atoms with van der Waals surface area (Å²) in [5, 5.41) is 15.2. The lowest BCUT2D eigenvalue weighted by molar-refractivity contribution is 0.162. The van der Waals surface area contributed by atoms with Crippen LogP contribution in [0.25, 0.3) is 0 Å². The molecule has 3 N–H and O–H groups in total. The normalized spacial score (nSPS) is 14.8. The van der Waals surface area contributed by atoms with Crippen LogP contribution in [0.15, 0.2) is 24.3 Å². The quantitative estimate of drug-likeness (QED) is 0.691. The summed E-state index contributed by atoms with van der Waals surface area (Å²) in [6.45, 7) is 8.29. The van der Waals surface area contributed by atoms with Crippen molar-refractivity contribution in [2.24, 2.45) is 0 Å². The predicted molar refractivity (Wildman–Crippen MR) is 88.1 cm³/mol. The Hall–Kier alpha value is -1.75. The van der Waals surface area contributed by atoms with Gasteiger partial charge in [-0.25, -0.2) is 4.79 Å². The molecule has 1 aromatic carbocycles. The number of aliphatic hydroxyl groups is 1. The highest BCUT2D eigenvalue weighted by Crippen LogP contribution is 2.18. The number of hydrogen-bond donors (Lipinski definition) is 3. The number of carbonyl (C=O) groups is 1. The van der Waals surface area contributed by atoms with Crippen LogP contribution in [-0.4, -0.2) is 29.9 Å². The van der Waals surface area contributed by atoms with Crippen molar-refractivity contribution in [1.29, 1.82) is 0 Å². The van der Waals surface area contributed by atoms with Crippen molar-refractivity contribution in [3.63, 3.8) is 0 Å². The molecule has 2 unspecified atom stereocenters. The Balaban J connectivity index is 2.59. The second-order valence-corrected chi connectivity index (χ2v) is 5.79. The molecule has 124 valence electrons. The van der Waals surface area contributed by atoms with Gasteiger partial charge in [-0.3, -0.25) is 0 Å². The Kier molecular flexibility index (Phi) is 7.18. The molecule has 0 aromatic heterocycles. The monoisotopic (exact) mass is 308 g/mol. The summed E-state index contributed by atoms with van der Waals surface area (Å²) in [4.78, 5) is 12.1. The van der Waals surface area contributed by atoms with Gasteiger partial charge in [-0.1, -0.05) is 25.5 Å². The number of rotatable bonds is 8. The molecule has 0 spiro atoms. The summed E-state index contributed by atoms with van der Waals surface area (Å²) in [6.07, 6.45) is 1.63. The van der Waals surface area contributed by atoms with Crippen LogP contribution in [0, 0.1) is 0 Å². The summed E-state index contributed by atoms with van der Waals surface area (Å²) in [5.74, 6) is 0.818. The van der Waals surface area contributed by atoms with E-state index in [4.69, 9.17) is 4.74 Å². The fraction of sp³-hybridized carbons (Fsp3) is 0.588. The Morgan fingerprint density at radius 3 is 2.45 bits per heavy atom. The number of urea groups is 1. The Morgan fingerprint density at radius 1 is 1.32 bits per heavy atom. The van der Waals surface area contributed by atoms with Crippen molar-refractivity contribution < 1.29 is 14.6 Å². The lowest BCUT2D eigenvalue weighted by Crippen LogP contribution is -2.52. The number of carbonyl (C=O) groups excluding carboxylic acids is 1. The Bertz CT molecular complexity index is 461. The third-order valence-electron chi connectivity index (χ3n) is 3.60. The van der Waals surface area contributed by atoms with Gasteiger partial charge in [-0.15, -0.1) is 0 Å². The topological polar surface area (TPSA) is 70.6 Å². The molecule has 0 aliphatic rings. The first-order valence-electron chi connectivity index (χ1n) is 7.86. The Morgan fingerprint density at radius 2 is 1.95 bits per heavy atom. The Labute approximate surface area is 133 Å². The molecule has 0 saturated heterocycles. The number of amides is 2. The third-order valence-corrected chi connectivity index (χ3v) is 3.60. The highest BCUT2D eigenvalue weighted by atomic mass is 16.5. The van der Waals surface area contributed by atoms with Crippen LogP contribution in [0.2, 0.25) is 0 Å². The molecule has 5 heteroatoms. The lowest BCUT2D eigenvalue weighted by Gasteiger charge is -2.29. The average molecular weight is 308 g/mol.